The molecule has 1 aromatic carbocycles. The number of carbonyl (C=O) groups excluding carboxylic acids is 1. The minimum Gasteiger partial charge on any atom is -0.359 e. The van der Waals surface area contributed by atoms with Gasteiger partial charge in [0, 0.05) is 28.5 Å². The standard InChI is InChI=1S/C20H19N5O/c1-3-18-16(12-22-25(18)19-6-4-5-9-21-19)20(26)24-15-7-8-17-14(11-15)10-13(2)23-17/h4-12,23H,3H2,1-2H3,(H,24,26). The molecule has 0 spiro atoms. The first-order valence-corrected chi connectivity index (χ1v) is 8.54. The van der Waals surface area contributed by atoms with E-state index >= 15 is 0 Å². The van der Waals surface area contributed by atoms with Crippen LogP contribution < -0.4 is 5.32 Å². The summed E-state index contributed by atoms with van der Waals surface area (Å²) in [5.41, 5.74) is 4.29. The van der Waals surface area contributed by atoms with E-state index in [1.165, 1.54) is 0 Å². The van der Waals surface area contributed by atoms with Gasteiger partial charge in [-0.15, -0.1) is 0 Å². The number of rotatable bonds is 4. The van der Waals surface area contributed by atoms with Crippen LogP contribution in [0.25, 0.3) is 16.7 Å². The van der Waals surface area contributed by atoms with E-state index in [4.69, 9.17) is 0 Å². The first-order valence-electron chi connectivity index (χ1n) is 8.54. The van der Waals surface area contributed by atoms with Crippen molar-refractivity contribution >= 4 is 22.5 Å². The van der Waals surface area contributed by atoms with E-state index in [0.29, 0.717) is 17.8 Å². The Morgan fingerprint density at radius 1 is 1.23 bits per heavy atom. The summed E-state index contributed by atoms with van der Waals surface area (Å²) in [5.74, 6) is 0.531. The van der Waals surface area contributed by atoms with Crippen molar-refractivity contribution in [1.29, 1.82) is 0 Å². The zero-order valence-electron chi connectivity index (χ0n) is 14.7. The maximum absolute atomic E-state index is 12.8. The number of hydrogen-bond donors (Lipinski definition) is 2. The number of amides is 1. The van der Waals surface area contributed by atoms with Crippen molar-refractivity contribution in [2.45, 2.75) is 20.3 Å². The number of hydrogen-bond acceptors (Lipinski definition) is 3. The van der Waals surface area contributed by atoms with Crippen LogP contribution in [0.15, 0.2) is 54.9 Å². The van der Waals surface area contributed by atoms with Crippen LogP contribution in [0, 0.1) is 6.92 Å². The van der Waals surface area contributed by atoms with Crippen LogP contribution in [-0.4, -0.2) is 25.7 Å². The van der Waals surface area contributed by atoms with Crippen molar-refractivity contribution in [3.05, 3.63) is 71.8 Å². The summed E-state index contributed by atoms with van der Waals surface area (Å²) in [6.45, 7) is 4.01. The lowest BCUT2D eigenvalue weighted by Crippen LogP contribution is -2.14. The number of benzene rings is 1. The molecule has 0 atom stereocenters. The predicted molar refractivity (Wildman–Crippen MR) is 102 cm³/mol. The van der Waals surface area contributed by atoms with Gasteiger partial charge < -0.3 is 10.3 Å². The van der Waals surface area contributed by atoms with Crippen LogP contribution in [0.5, 0.6) is 0 Å². The average molecular weight is 345 g/mol. The number of pyridine rings is 1. The summed E-state index contributed by atoms with van der Waals surface area (Å²) in [5, 5.41) is 8.40. The van der Waals surface area contributed by atoms with Gasteiger partial charge in [-0.1, -0.05) is 13.0 Å². The molecule has 0 aliphatic rings. The quantitative estimate of drug-likeness (QED) is 0.589. The normalized spacial score (nSPS) is 11.0. The lowest BCUT2D eigenvalue weighted by atomic mass is 10.1. The zero-order chi connectivity index (χ0) is 18.1. The van der Waals surface area contributed by atoms with Crippen molar-refractivity contribution in [2.75, 3.05) is 5.32 Å². The highest BCUT2D eigenvalue weighted by molar-refractivity contribution is 6.05. The Kier molecular flexibility index (Phi) is 4.01. The van der Waals surface area contributed by atoms with Crippen molar-refractivity contribution in [2.24, 2.45) is 0 Å². The molecule has 3 heterocycles. The van der Waals surface area contributed by atoms with Gasteiger partial charge in [-0.25, -0.2) is 9.67 Å². The lowest BCUT2D eigenvalue weighted by Gasteiger charge is -2.08. The molecule has 2 N–H and O–H groups in total. The fourth-order valence-electron chi connectivity index (χ4n) is 3.13. The number of nitrogens with zero attached hydrogens (tertiary/aromatic N) is 3. The van der Waals surface area contributed by atoms with Crippen LogP contribution in [0.4, 0.5) is 5.69 Å². The molecule has 0 saturated carbocycles. The molecule has 4 aromatic rings. The van der Waals surface area contributed by atoms with E-state index in [1.54, 1.807) is 17.1 Å². The summed E-state index contributed by atoms with van der Waals surface area (Å²) in [7, 11) is 0. The first kappa shape index (κ1) is 16.1. The number of fused-ring (bicyclic) bond motifs is 1. The van der Waals surface area contributed by atoms with Gasteiger partial charge in [0.2, 0.25) is 0 Å². The van der Waals surface area contributed by atoms with Gasteiger partial charge in [0.1, 0.15) is 0 Å². The SMILES string of the molecule is CCc1c(C(=O)Nc2ccc3[nH]c(C)cc3c2)cnn1-c1ccccn1. The molecule has 0 aliphatic carbocycles. The van der Waals surface area contributed by atoms with Gasteiger partial charge in [-0.3, -0.25) is 4.79 Å². The van der Waals surface area contributed by atoms with Crippen molar-refractivity contribution in [3.63, 3.8) is 0 Å². The molecule has 0 unspecified atom stereocenters. The Hall–Kier alpha value is -3.41. The Morgan fingerprint density at radius 3 is 2.88 bits per heavy atom. The molecule has 26 heavy (non-hydrogen) atoms. The molecule has 1 amide bonds. The second-order valence-corrected chi connectivity index (χ2v) is 6.17. The second-order valence-electron chi connectivity index (χ2n) is 6.17. The van der Waals surface area contributed by atoms with E-state index in [2.05, 4.69) is 26.4 Å². The molecule has 0 saturated heterocycles. The molecule has 3 aromatic heterocycles. The third-order valence-corrected chi connectivity index (χ3v) is 4.33. The maximum atomic E-state index is 12.8. The van der Waals surface area contributed by atoms with Gasteiger partial charge in [0.25, 0.3) is 5.91 Å². The Balaban J connectivity index is 1.64. The van der Waals surface area contributed by atoms with E-state index in [1.807, 2.05) is 50.2 Å². The summed E-state index contributed by atoms with van der Waals surface area (Å²) in [6.07, 6.45) is 3.99. The Morgan fingerprint density at radius 2 is 2.12 bits per heavy atom. The summed E-state index contributed by atoms with van der Waals surface area (Å²) >= 11 is 0. The smallest absolute Gasteiger partial charge is 0.259 e. The number of carbonyl (C=O) groups is 1. The number of nitrogens with one attached hydrogen (secondary N) is 2. The van der Waals surface area contributed by atoms with Crippen molar-refractivity contribution in [3.8, 4) is 5.82 Å². The molecular formula is C20H19N5O. The van der Waals surface area contributed by atoms with Crippen molar-refractivity contribution < 1.29 is 4.79 Å². The number of aromatic amines is 1. The second kappa shape index (κ2) is 6.48. The summed E-state index contributed by atoms with van der Waals surface area (Å²) in [4.78, 5) is 20.4. The highest BCUT2D eigenvalue weighted by atomic mass is 16.1. The summed E-state index contributed by atoms with van der Waals surface area (Å²) < 4.78 is 1.72. The number of aromatic nitrogens is 4. The van der Waals surface area contributed by atoms with Gasteiger partial charge in [-0.2, -0.15) is 5.10 Å². The van der Waals surface area contributed by atoms with Crippen LogP contribution in [0.1, 0.15) is 28.7 Å². The van der Waals surface area contributed by atoms with Gasteiger partial charge in [-0.05, 0) is 49.7 Å². The molecule has 130 valence electrons. The van der Waals surface area contributed by atoms with Crippen LogP contribution in [0.2, 0.25) is 0 Å². The summed E-state index contributed by atoms with van der Waals surface area (Å²) in [6, 6.07) is 13.5. The minimum absolute atomic E-state index is 0.171. The van der Waals surface area contributed by atoms with E-state index in [0.717, 1.165) is 28.0 Å². The maximum Gasteiger partial charge on any atom is 0.259 e. The van der Waals surface area contributed by atoms with Gasteiger partial charge >= 0.3 is 0 Å². The number of aryl methyl sites for hydroxylation is 1. The van der Waals surface area contributed by atoms with E-state index in [9.17, 15) is 4.79 Å². The first-order chi connectivity index (χ1) is 12.7. The fourth-order valence-corrected chi connectivity index (χ4v) is 3.13. The lowest BCUT2D eigenvalue weighted by molar-refractivity contribution is 0.102. The van der Waals surface area contributed by atoms with E-state index < -0.39 is 0 Å². The van der Waals surface area contributed by atoms with E-state index in [-0.39, 0.29) is 5.91 Å². The predicted octanol–water partition coefficient (Wildman–Crippen LogP) is 3.87. The molecule has 6 heteroatoms. The minimum atomic E-state index is -0.171. The highest BCUT2D eigenvalue weighted by Crippen LogP contribution is 2.21. The molecule has 0 bridgehead atoms. The third-order valence-electron chi connectivity index (χ3n) is 4.33. The fraction of sp³-hybridized carbons (Fsp3) is 0.150. The van der Waals surface area contributed by atoms with Crippen LogP contribution in [0.3, 0.4) is 0 Å². The molecule has 4 rings (SSSR count). The highest BCUT2D eigenvalue weighted by Gasteiger charge is 2.18. The van der Waals surface area contributed by atoms with Gasteiger partial charge in [0.15, 0.2) is 5.82 Å². The largest absolute Gasteiger partial charge is 0.359 e. The Labute approximate surface area is 150 Å². The van der Waals surface area contributed by atoms with Gasteiger partial charge in [0.05, 0.1) is 17.5 Å². The third kappa shape index (κ3) is 2.86. The molecular weight excluding hydrogens is 326 g/mol. The zero-order valence-corrected chi connectivity index (χ0v) is 14.7. The topological polar surface area (TPSA) is 75.6 Å². The van der Waals surface area contributed by atoms with Crippen molar-refractivity contribution in [1.82, 2.24) is 19.7 Å². The molecule has 0 aliphatic heterocycles. The van der Waals surface area contributed by atoms with Crippen LogP contribution in [-0.2, 0) is 6.42 Å². The molecule has 0 radical (unpaired) electrons. The monoisotopic (exact) mass is 345 g/mol. The number of anilines is 1. The average Bonchev–Trinajstić information content (AvgIpc) is 3.24. The Bertz CT molecular complexity index is 1080. The number of H-pyrrole nitrogens is 1. The molecule has 6 nitrogen and oxygen atoms in total. The molecule has 0 fully saturated rings. The van der Waals surface area contributed by atoms with Crippen LogP contribution >= 0.6 is 0 Å².